The van der Waals surface area contributed by atoms with E-state index in [1.54, 1.807) is 6.20 Å². The molecule has 1 saturated heterocycles. The van der Waals surface area contributed by atoms with Gasteiger partial charge in [-0.15, -0.1) is 0 Å². The highest BCUT2D eigenvalue weighted by Gasteiger charge is 2.26. The lowest BCUT2D eigenvalue weighted by molar-refractivity contribution is -0.00509. The first kappa shape index (κ1) is 17.5. The van der Waals surface area contributed by atoms with Crippen LogP contribution in [0.3, 0.4) is 0 Å². The molecule has 0 spiro atoms. The first-order valence-electron chi connectivity index (χ1n) is 9.26. The van der Waals surface area contributed by atoms with Gasteiger partial charge in [-0.3, -0.25) is 9.78 Å². The molecule has 1 amide bonds. The van der Waals surface area contributed by atoms with Crippen LogP contribution in [-0.4, -0.2) is 36.2 Å². The molecule has 5 nitrogen and oxygen atoms in total. The molecule has 138 valence electrons. The summed E-state index contributed by atoms with van der Waals surface area (Å²) in [6.45, 7) is 5.70. The van der Waals surface area contributed by atoms with Crippen molar-refractivity contribution in [2.24, 2.45) is 0 Å². The van der Waals surface area contributed by atoms with E-state index >= 15 is 0 Å². The molecule has 2 atom stereocenters. The average molecular weight is 361 g/mol. The van der Waals surface area contributed by atoms with Crippen LogP contribution in [0.2, 0.25) is 0 Å². The van der Waals surface area contributed by atoms with Crippen LogP contribution in [0.4, 0.5) is 11.4 Å². The molecule has 3 aromatic rings. The Morgan fingerprint density at radius 2 is 1.70 bits per heavy atom. The fraction of sp³-hybridized carbons (Fsp3) is 0.273. The second-order valence-corrected chi connectivity index (χ2v) is 7.02. The fourth-order valence-electron chi connectivity index (χ4n) is 3.70. The van der Waals surface area contributed by atoms with Crippen LogP contribution >= 0.6 is 0 Å². The topological polar surface area (TPSA) is 54.5 Å². The van der Waals surface area contributed by atoms with Crippen LogP contribution in [0.5, 0.6) is 0 Å². The summed E-state index contributed by atoms with van der Waals surface area (Å²) < 4.78 is 5.90. The maximum atomic E-state index is 12.7. The maximum absolute atomic E-state index is 12.7. The van der Waals surface area contributed by atoms with Crippen molar-refractivity contribution >= 4 is 28.2 Å². The molecular formula is C22H23N3O2. The Morgan fingerprint density at radius 1 is 1.04 bits per heavy atom. The SMILES string of the molecule is CC1CN(c2c(NC(=O)c3ccccc3)cnc3ccccc23)CC(C)O1. The number of pyridine rings is 1. The highest BCUT2D eigenvalue weighted by Crippen LogP contribution is 2.35. The Bertz CT molecular complexity index is 948. The molecule has 1 aliphatic heterocycles. The molecule has 2 heterocycles. The zero-order valence-corrected chi connectivity index (χ0v) is 15.6. The lowest BCUT2D eigenvalue weighted by Crippen LogP contribution is -2.45. The molecule has 0 saturated carbocycles. The number of nitrogens with one attached hydrogen (secondary N) is 1. The van der Waals surface area contributed by atoms with Gasteiger partial charge in [-0.2, -0.15) is 0 Å². The highest BCUT2D eigenvalue weighted by atomic mass is 16.5. The summed E-state index contributed by atoms with van der Waals surface area (Å²) >= 11 is 0. The molecule has 2 unspecified atom stereocenters. The third-order valence-corrected chi connectivity index (χ3v) is 4.77. The van der Waals surface area contributed by atoms with Gasteiger partial charge in [0.15, 0.2) is 0 Å². The van der Waals surface area contributed by atoms with E-state index < -0.39 is 0 Å². The van der Waals surface area contributed by atoms with E-state index in [4.69, 9.17) is 4.74 Å². The maximum Gasteiger partial charge on any atom is 0.255 e. The molecule has 1 fully saturated rings. The van der Waals surface area contributed by atoms with Gasteiger partial charge in [-0.05, 0) is 32.0 Å². The van der Waals surface area contributed by atoms with Gasteiger partial charge in [0, 0.05) is 24.0 Å². The van der Waals surface area contributed by atoms with Crippen LogP contribution in [0.1, 0.15) is 24.2 Å². The zero-order chi connectivity index (χ0) is 18.8. The quantitative estimate of drug-likeness (QED) is 0.763. The predicted molar refractivity (Wildman–Crippen MR) is 108 cm³/mol. The first-order valence-corrected chi connectivity index (χ1v) is 9.26. The molecule has 0 bridgehead atoms. The zero-order valence-electron chi connectivity index (χ0n) is 15.6. The van der Waals surface area contributed by atoms with Crippen LogP contribution in [0, 0.1) is 0 Å². The Kier molecular flexibility index (Phi) is 4.77. The Hall–Kier alpha value is -2.92. The summed E-state index contributed by atoms with van der Waals surface area (Å²) in [5.74, 6) is -0.136. The van der Waals surface area contributed by atoms with Crippen molar-refractivity contribution in [1.29, 1.82) is 0 Å². The monoisotopic (exact) mass is 361 g/mol. The number of aromatic nitrogens is 1. The lowest BCUT2D eigenvalue weighted by Gasteiger charge is -2.38. The number of nitrogens with zero attached hydrogens (tertiary/aromatic N) is 2. The number of hydrogen-bond acceptors (Lipinski definition) is 4. The number of anilines is 2. The number of amides is 1. The van der Waals surface area contributed by atoms with E-state index in [0.29, 0.717) is 5.56 Å². The van der Waals surface area contributed by atoms with E-state index in [0.717, 1.165) is 35.4 Å². The van der Waals surface area contributed by atoms with Crippen molar-refractivity contribution in [1.82, 2.24) is 4.98 Å². The number of hydrogen-bond donors (Lipinski definition) is 1. The minimum absolute atomic E-state index is 0.123. The molecule has 4 rings (SSSR count). The molecule has 27 heavy (non-hydrogen) atoms. The Labute approximate surface area is 159 Å². The van der Waals surface area contributed by atoms with Crippen molar-refractivity contribution in [2.75, 3.05) is 23.3 Å². The van der Waals surface area contributed by atoms with E-state index in [1.807, 2.05) is 48.5 Å². The second-order valence-electron chi connectivity index (χ2n) is 7.02. The number of benzene rings is 2. The van der Waals surface area contributed by atoms with Gasteiger partial charge >= 0.3 is 0 Å². The average Bonchev–Trinajstić information content (AvgIpc) is 2.67. The van der Waals surface area contributed by atoms with Gasteiger partial charge in [0.1, 0.15) is 0 Å². The molecular weight excluding hydrogens is 338 g/mol. The van der Waals surface area contributed by atoms with Crippen molar-refractivity contribution in [3.8, 4) is 0 Å². The Balaban J connectivity index is 1.77. The molecule has 0 aliphatic carbocycles. The number of rotatable bonds is 3. The van der Waals surface area contributed by atoms with Gasteiger partial charge < -0.3 is 15.0 Å². The minimum atomic E-state index is -0.136. The number of fused-ring (bicyclic) bond motifs is 1. The molecule has 0 radical (unpaired) electrons. The van der Waals surface area contributed by atoms with E-state index in [1.165, 1.54) is 0 Å². The van der Waals surface area contributed by atoms with Gasteiger partial charge in [0.25, 0.3) is 5.91 Å². The lowest BCUT2D eigenvalue weighted by atomic mass is 10.1. The van der Waals surface area contributed by atoms with Gasteiger partial charge in [-0.25, -0.2) is 0 Å². The van der Waals surface area contributed by atoms with E-state index in [-0.39, 0.29) is 18.1 Å². The van der Waals surface area contributed by atoms with Gasteiger partial charge in [-0.1, -0.05) is 36.4 Å². The van der Waals surface area contributed by atoms with Crippen molar-refractivity contribution in [2.45, 2.75) is 26.1 Å². The van der Waals surface area contributed by atoms with Crippen molar-refractivity contribution in [3.63, 3.8) is 0 Å². The molecule has 1 N–H and O–H groups in total. The van der Waals surface area contributed by atoms with Crippen LogP contribution in [0.25, 0.3) is 10.9 Å². The van der Waals surface area contributed by atoms with E-state index in [9.17, 15) is 4.79 Å². The van der Waals surface area contributed by atoms with Crippen LogP contribution < -0.4 is 10.2 Å². The van der Waals surface area contributed by atoms with Crippen molar-refractivity contribution < 1.29 is 9.53 Å². The first-order chi connectivity index (χ1) is 13.1. The van der Waals surface area contributed by atoms with Gasteiger partial charge in [0.2, 0.25) is 0 Å². The van der Waals surface area contributed by atoms with Crippen LogP contribution in [-0.2, 0) is 4.74 Å². The predicted octanol–water partition coefficient (Wildman–Crippen LogP) is 4.10. The minimum Gasteiger partial charge on any atom is -0.372 e. The standard InChI is InChI=1S/C22H23N3O2/c1-15-13-25(14-16(2)27-15)21-18-10-6-7-11-19(18)23-12-20(21)24-22(26)17-8-4-3-5-9-17/h3-12,15-16H,13-14H2,1-2H3,(H,24,26). The smallest absolute Gasteiger partial charge is 0.255 e. The molecule has 2 aromatic carbocycles. The third-order valence-electron chi connectivity index (χ3n) is 4.77. The summed E-state index contributed by atoms with van der Waals surface area (Å²) in [4.78, 5) is 19.6. The Morgan fingerprint density at radius 3 is 2.44 bits per heavy atom. The number of ether oxygens (including phenoxy) is 1. The second kappa shape index (κ2) is 7.37. The number of para-hydroxylation sites is 1. The highest BCUT2D eigenvalue weighted by molar-refractivity contribution is 6.09. The fourth-order valence-corrected chi connectivity index (χ4v) is 3.70. The van der Waals surface area contributed by atoms with Gasteiger partial charge in [0.05, 0.1) is 35.3 Å². The summed E-state index contributed by atoms with van der Waals surface area (Å²) in [5, 5.41) is 4.09. The third kappa shape index (κ3) is 3.64. The van der Waals surface area contributed by atoms with E-state index in [2.05, 4.69) is 35.1 Å². The number of morpholine rings is 1. The normalized spacial score (nSPS) is 19.9. The molecule has 1 aliphatic rings. The summed E-state index contributed by atoms with van der Waals surface area (Å²) in [5.41, 5.74) is 3.27. The number of carbonyl (C=O) groups is 1. The molecule has 5 heteroatoms. The van der Waals surface area contributed by atoms with Crippen LogP contribution in [0.15, 0.2) is 60.8 Å². The summed E-state index contributed by atoms with van der Waals surface area (Å²) in [6.07, 6.45) is 2.00. The summed E-state index contributed by atoms with van der Waals surface area (Å²) in [7, 11) is 0. The summed E-state index contributed by atoms with van der Waals surface area (Å²) in [6, 6.07) is 17.3. The number of carbonyl (C=O) groups excluding carboxylic acids is 1. The largest absolute Gasteiger partial charge is 0.372 e. The molecule has 1 aromatic heterocycles. The van der Waals surface area contributed by atoms with Crippen molar-refractivity contribution in [3.05, 3.63) is 66.4 Å².